The Morgan fingerprint density at radius 2 is 2.05 bits per heavy atom. The van der Waals surface area contributed by atoms with E-state index in [2.05, 4.69) is 30.2 Å². The van der Waals surface area contributed by atoms with Crippen LogP contribution in [-0.2, 0) is 11.3 Å². The van der Waals surface area contributed by atoms with E-state index >= 15 is 0 Å². The molecule has 0 aromatic carbocycles. The van der Waals surface area contributed by atoms with Gasteiger partial charge in [0.25, 0.3) is 5.91 Å². The summed E-state index contributed by atoms with van der Waals surface area (Å²) in [5.41, 5.74) is 11.6. The van der Waals surface area contributed by atoms with Crippen LogP contribution >= 0.6 is 0 Å². The molecule has 0 bridgehead atoms. The van der Waals surface area contributed by atoms with Gasteiger partial charge in [-0.2, -0.15) is 4.68 Å². The average molecular weight is 294 g/mol. The van der Waals surface area contributed by atoms with Gasteiger partial charge in [-0.3, -0.25) is 9.69 Å². The number of ether oxygens (including phenoxy) is 1. The van der Waals surface area contributed by atoms with Crippen molar-refractivity contribution in [2.75, 3.05) is 32.0 Å². The van der Waals surface area contributed by atoms with Crippen LogP contribution in [0.25, 0.3) is 5.82 Å². The van der Waals surface area contributed by atoms with Gasteiger partial charge in [0.2, 0.25) is 11.6 Å². The predicted molar refractivity (Wildman–Crippen MR) is 68.2 cm³/mol. The highest BCUT2D eigenvalue weighted by atomic mass is 16.6. The first kappa shape index (κ1) is 13.5. The van der Waals surface area contributed by atoms with Crippen LogP contribution in [0.4, 0.5) is 5.82 Å². The van der Waals surface area contributed by atoms with E-state index in [9.17, 15) is 4.79 Å². The number of hydrogen-bond donors (Lipinski definition) is 2. The number of amides is 1. The maximum atomic E-state index is 11.5. The number of primary amides is 1. The summed E-state index contributed by atoms with van der Waals surface area (Å²) in [6.45, 7) is 3.13. The number of morpholine rings is 1. The molecule has 0 spiro atoms. The van der Waals surface area contributed by atoms with Crippen LogP contribution in [0, 0.1) is 0 Å². The molecule has 0 radical (unpaired) electrons. The van der Waals surface area contributed by atoms with Crippen molar-refractivity contribution in [3.63, 3.8) is 0 Å². The lowest BCUT2D eigenvalue weighted by Gasteiger charge is -2.26. The zero-order valence-corrected chi connectivity index (χ0v) is 11.1. The van der Waals surface area contributed by atoms with Crippen molar-refractivity contribution < 1.29 is 14.2 Å². The van der Waals surface area contributed by atoms with E-state index in [1.807, 2.05) is 0 Å². The monoisotopic (exact) mass is 294 g/mol. The maximum Gasteiger partial charge on any atom is 0.271 e. The minimum Gasteiger partial charge on any atom is -0.379 e. The third kappa shape index (κ3) is 2.55. The summed E-state index contributed by atoms with van der Waals surface area (Å²) in [7, 11) is 0. The van der Waals surface area contributed by atoms with Gasteiger partial charge in [0.05, 0.1) is 18.9 Å². The largest absolute Gasteiger partial charge is 0.379 e. The molecule has 2 aromatic heterocycles. The first-order chi connectivity index (χ1) is 10.2. The number of nitrogen functional groups attached to an aromatic ring is 1. The summed E-state index contributed by atoms with van der Waals surface area (Å²) in [5.74, 6) is -0.433. The van der Waals surface area contributed by atoms with Crippen molar-refractivity contribution in [3.05, 3.63) is 11.4 Å². The third-order valence-electron chi connectivity index (χ3n) is 3.17. The molecule has 3 heterocycles. The van der Waals surface area contributed by atoms with Crippen molar-refractivity contribution in [1.29, 1.82) is 0 Å². The number of carbonyl (C=O) groups is 1. The highest BCUT2D eigenvalue weighted by molar-refractivity contribution is 5.91. The fourth-order valence-electron chi connectivity index (χ4n) is 2.11. The fraction of sp³-hybridized carbons (Fsp3) is 0.500. The first-order valence-corrected chi connectivity index (χ1v) is 6.29. The lowest BCUT2D eigenvalue weighted by Crippen LogP contribution is -2.36. The topological polar surface area (TPSA) is 151 Å². The molecule has 4 N–H and O–H groups in total. The molecular formula is C10H14N8O3. The first-order valence-electron chi connectivity index (χ1n) is 6.29. The summed E-state index contributed by atoms with van der Waals surface area (Å²) in [4.78, 5) is 13.6. The van der Waals surface area contributed by atoms with E-state index in [-0.39, 0.29) is 17.3 Å². The Balaban J connectivity index is 1.97. The molecule has 0 atom stereocenters. The molecule has 1 aliphatic rings. The molecule has 2 aromatic rings. The van der Waals surface area contributed by atoms with Gasteiger partial charge in [0.15, 0.2) is 5.69 Å². The second-order valence-electron chi connectivity index (χ2n) is 4.52. The Labute approximate surface area is 118 Å². The minimum atomic E-state index is -0.667. The molecule has 0 aliphatic carbocycles. The van der Waals surface area contributed by atoms with E-state index in [0.717, 1.165) is 13.1 Å². The van der Waals surface area contributed by atoms with Gasteiger partial charge in [-0.25, -0.2) is 4.63 Å². The molecule has 11 nitrogen and oxygen atoms in total. The molecule has 1 fully saturated rings. The second-order valence-corrected chi connectivity index (χ2v) is 4.52. The molecule has 1 amide bonds. The van der Waals surface area contributed by atoms with Crippen molar-refractivity contribution in [2.24, 2.45) is 5.73 Å². The van der Waals surface area contributed by atoms with Crippen molar-refractivity contribution in [2.45, 2.75) is 6.54 Å². The van der Waals surface area contributed by atoms with Crippen LogP contribution in [0.2, 0.25) is 0 Å². The number of anilines is 1. The van der Waals surface area contributed by atoms with Gasteiger partial charge < -0.3 is 16.2 Å². The van der Waals surface area contributed by atoms with E-state index in [4.69, 9.17) is 16.2 Å². The van der Waals surface area contributed by atoms with Crippen LogP contribution in [0.1, 0.15) is 16.2 Å². The minimum absolute atomic E-state index is 0.0548. The molecule has 11 heteroatoms. The fourth-order valence-corrected chi connectivity index (χ4v) is 2.11. The molecule has 3 rings (SSSR count). The van der Waals surface area contributed by atoms with Crippen LogP contribution in [0.3, 0.4) is 0 Å². The Morgan fingerprint density at radius 1 is 1.29 bits per heavy atom. The average Bonchev–Trinajstić information content (AvgIpc) is 3.06. The van der Waals surface area contributed by atoms with Crippen molar-refractivity contribution in [1.82, 2.24) is 30.2 Å². The van der Waals surface area contributed by atoms with Gasteiger partial charge in [-0.05, 0) is 10.3 Å². The van der Waals surface area contributed by atoms with E-state index < -0.39 is 5.91 Å². The molecule has 1 saturated heterocycles. The summed E-state index contributed by atoms with van der Waals surface area (Å²) in [6.07, 6.45) is 0. The van der Waals surface area contributed by atoms with E-state index in [1.165, 1.54) is 4.68 Å². The Kier molecular flexibility index (Phi) is 3.50. The lowest BCUT2D eigenvalue weighted by molar-refractivity contribution is 0.0332. The SMILES string of the molecule is NC(=O)c1nnn(-c2nonc2N)c1CN1CCOCC1. The third-order valence-corrected chi connectivity index (χ3v) is 3.17. The number of nitrogens with two attached hydrogens (primary N) is 2. The molecule has 0 unspecified atom stereocenters. The summed E-state index contributed by atoms with van der Waals surface area (Å²) in [5, 5.41) is 14.8. The van der Waals surface area contributed by atoms with Gasteiger partial charge in [0, 0.05) is 19.6 Å². The van der Waals surface area contributed by atoms with Gasteiger partial charge >= 0.3 is 0 Å². The van der Waals surface area contributed by atoms with Gasteiger partial charge in [-0.1, -0.05) is 5.21 Å². The summed E-state index contributed by atoms with van der Waals surface area (Å²) >= 11 is 0. The number of rotatable bonds is 4. The standard InChI is InChI=1S/C10H14N8O3/c11-8-10(15-21-14-8)18-6(7(9(12)19)13-16-18)5-17-1-3-20-4-2-17/h1-5H2,(H2,11,14)(H2,12,19). The number of aromatic nitrogens is 5. The molecule has 21 heavy (non-hydrogen) atoms. The number of carbonyl (C=O) groups excluding carboxylic acids is 1. The van der Waals surface area contributed by atoms with E-state index in [0.29, 0.717) is 25.5 Å². The smallest absolute Gasteiger partial charge is 0.271 e. The Bertz CT molecular complexity index is 645. The Morgan fingerprint density at radius 3 is 2.67 bits per heavy atom. The van der Waals surface area contributed by atoms with Crippen LogP contribution < -0.4 is 11.5 Å². The number of hydrogen-bond acceptors (Lipinski definition) is 9. The van der Waals surface area contributed by atoms with E-state index in [1.54, 1.807) is 0 Å². The van der Waals surface area contributed by atoms with Crippen molar-refractivity contribution >= 4 is 11.7 Å². The summed E-state index contributed by atoms with van der Waals surface area (Å²) in [6, 6.07) is 0. The molecule has 112 valence electrons. The summed E-state index contributed by atoms with van der Waals surface area (Å²) < 4.78 is 11.2. The highest BCUT2D eigenvalue weighted by Crippen LogP contribution is 2.17. The highest BCUT2D eigenvalue weighted by Gasteiger charge is 2.24. The van der Waals surface area contributed by atoms with Crippen LogP contribution in [0.15, 0.2) is 4.63 Å². The predicted octanol–water partition coefficient (Wildman–Crippen LogP) is -1.84. The Hall–Kier alpha value is -2.53. The van der Waals surface area contributed by atoms with Crippen molar-refractivity contribution in [3.8, 4) is 5.82 Å². The second kappa shape index (κ2) is 5.46. The number of nitrogens with zero attached hydrogens (tertiary/aromatic N) is 6. The van der Waals surface area contributed by atoms with Crippen LogP contribution in [0.5, 0.6) is 0 Å². The molecular weight excluding hydrogens is 280 g/mol. The van der Waals surface area contributed by atoms with Gasteiger partial charge in [0.1, 0.15) is 0 Å². The van der Waals surface area contributed by atoms with Gasteiger partial charge in [-0.15, -0.1) is 5.10 Å². The zero-order chi connectivity index (χ0) is 14.8. The zero-order valence-electron chi connectivity index (χ0n) is 11.1. The van der Waals surface area contributed by atoms with Crippen LogP contribution in [-0.4, -0.2) is 62.4 Å². The molecule has 0 saturated carbocycles. The maximum absolute atomic E-state index is 11.5. The lowest BCUT2D eigenvalue weighted by atomic mass is 10.2. The quantitative estimate of drug-likeness (QED) is 0.662. The normalized spacial score (nSPS) is 16.2. The molecule has 1 aliphatic heterocycles.